The maximum atomic E-state index is 11.9. The zero-order valence-corrected chi connectivity index (χ0v) is 13.6. The molecule has 1 aromatic heterocycles. The summed E-state index contributed by atoms with van der Waals surface area (Å²) >= 11 is 1.40. The molecule has 2 aromatic rings. The number of benzene rings is 1. The van der Waals surface area contributed by atoms with Gasteiger partial charge in [-0.05, 0) is 24.6 Å². The second kappa shape index (κ2) is 5.24. The third-order valence-corrected chi connectivity index (χ3v) is 4.09. The number of nitrogen functional groups attached to an aromatic ring is 1. The number of thiazole rings is 1. The second-order valence-electron chi connectivity index (χ2n) is 5.57. The highest BCUT2D eigenvalue weighted by Gasteiger charge is 2.38. The quantitative estimate of drug-likeness (QED) is 0.494. The first-order valence-corrected chi connectivity index (χ1v) is 7.67. The lowest BCUT2D eigenvalue weighted by Crippen LogP contribution is -2.42. The van der Waals surface area contributed by atoms with Crippen LogP contribution in [0.15, 0.2) is 23.9 Å². The number of aromatic nitrogens is 1. The van der Waals surface area contributed by atoms with E-state index in [1.165, 1.54) is 31.4 Å². The first-order chi connectivity index (χ1) is 10.7. The predicted octanol–water partition coefficient (Wildman–Crippen LogP) is 2.32. The molecule has 23 heavy (non-hydrogen) atoms. The van der Waals surface area contributed by atoms with Gasteiger partial charge in [-0.25, -0.2) is 14.6 Å². The van der Waals surface area contributed by atoms with Crippen LogP contribution >= 0.6 is 11.3 Å². The molecule has 0 atom stereocenters. The van der Waals surface area contributed by atoms with Crippen LogP contribution in [-0.4, -0.2) is 22.7 Å². The molecule has 0 aliphatic carbocycles. The minimum absolute atomic E-state index is 0.193. The Kier molecular flexibility index (Phi) is 3.48. The number of hydrogen-bond acceptors (Lipinski definition) is 8. The van der Waals surface area contributed by atoms with Gasteiger partial charge in [0.1, 0.15) is 0 Å². The molecule has 2 heterocycles. The molecule has 7 nitrogen and oxygen atoms in total. The van der Waals surface area contributed by atoms with E-state index in [9.17, 15) is 9.59 Å². The van der Waals surface area contributed by atoms with Crippen molar-refractivity contribution in [2.24, 2.45) is 0 Å². The number of carbonyl (C=O) groups is 2. The summed E-state index contributed by atoms with van der Waals surface area (Å²) in [5.74, 6) is -2.70. The highest BCUT2D eigenvalue weighted by atomic mass is 32.1. The van der Waals surface area contributed by atoms with Crippen LogP contribution in [0.5, 0.6) is 0 Å². The number of rotatable bonds is 2. The van der Waals surface area contributed by atoms with Crippen molar-refractivity contribution in [3.05, 3.63) is 29.5 Å². The molecule has 0 amide bonds. The van der Waals surface area contributed by atoms with Gasteiger partial charge in [-0.15, -0.1) is 0 Å². The van der Waals surface area contributed by atoms with Crippen molar-refractivity contribution < 1.29 is 19.1 Å². The Morgan fingerprint density at radius 1 is 1.26 bits per heavy atom. The average molecular weight is 333 g/mol. The fraction of sp³-hybridized carbons (Fsp3) is 0.267. The minimum atomic E-state index is -1.25. The van der Waals surface area contributed by atoms with Gasteiger partial charge in [-0.3, -0.25) is 0 Å². The second-order valence-corrected chi connectivity index (χ2v) is 6.63. The van der Waals surface area contributed by atoms with Crippen LogP contribution in [0.1, 0.15) is 19.4 Å². The number of carbonyl (C=O) groups excluding carboxylic acids is 2. The topological polar surface area (TPSA) is 104 Å². The molecular weight excluding hydrogens is 318 g/mol. The lowest BCUT2D eigenvalue weighted by molar-refractivity contribution is -0.222. The Bertz CT molecular complexity index is 832. The van der Waals surface area contributed by atoms with Crippen LogP contribution in [0.25, 0.3) is 10.2 Å². The molecule has 1 saturated heterocycles. The van der Waals surface area contributed by atoms with Gasteiger partial charge in [-0.2, -0.15) is 0 Å². The lowest BCUT2D eigenvalue weighted by Gasteiger charge is -2.29. The van der Waals surface area contributed by atoms with E-state index in [0.717, 1.165) is 15.8 Å². The molecule has 0 radical (unpaired) electrons. The maximum absolute atomic E-state index is 11.9. The van der Waals surface area contributed by atoms with E-state index in [1.54, 1.807) is 6.07 Å². The highest BCUT2D eigenvalue weighted by Crippen LogP contribution is 2.29. The molecule has 8 heteroatoms. The molecule has 1 aromatic carbocycles. The van der Waals surface area contributed by atoms with Gasteiger partial charge in [0, 0.05) is 25.7 Å². The van der Waals surface area contributed by atoms with Gasteiger partial charge in [0.05, 0.1) is 10.2 Å². The van der Waals surface area contributed by atoms with Crippen molar-refractivity contribution in [2.45, 2.75) is 26.6 Å². The van der Waals surface area contributed by atoms with Gasteiger partial charge in [0.15, 0.2) is 10.7 Å². The van der Waals surface area contributed by atoms with E-state index in [-0.39, 0.29) is 5.57 Å². The van der Waals surface area contributed by atoms with Crippen LogP contribution in [0, 0.1) is 6.92 Å². The van der Waals surface area contributed by atoms with Crippen molar-refractivity contribution in [3.8, 4) is 0 Å². The van der Waals surface area contributed by atoms with Gasteiger partial charge >= 0.3 is 11.9 Å². The Hall–Kier alpha value is -2.61. The molecule has 3 N–H and O–H groups in total. The zero-order chi connectivity index (χ0) is 16.8. The lowest BCUT2D eigenvalue weighted by atomic mass is 10.2. The molecule has 0 unspecified atom stereocenters. The number of esters is 2. The Labute approximate surface area is 136 Å². The number of nitrogens with two attached hydrogens (primary N) is 1. The summed E-state index contributed by atoms with van der Waals surface area (Å²) in [5, 5.41) is 3.42. The van der Waals surface area contributed by atoms with Crippen molar-refractivity contribution in [3.63, 3.8) is 0 Å². The van der Waals surface area contributed by atoms with Gasteiger partial charge < -0.3 is 20.5 Å². The SMILES string of the molecule is Cc1cc2sc(N)nc2cc1NC=C1C(=O)OC(C)(C)OC1=O. The molecule has 0 bridgehead atoms. The predicted molar refractivity (Wildman–Crippen MR) is 86.7 cm³/mol. The van der Waals surface area contributed by atoms with E-state index < -0.39 is 17.7 Å². The summed E-state index contributed by atoms with van der Waals surface area (Å²) in [4.78, 5) is 28.0. The summed E-state index contributed by atoms with van der Waals surface area (Å²) < 4.78 is 11.0. The monoisotopic (exact) mass is 333 g/mol. The average Bonchev–Trinajstić information content (AvgIpc) is 2.75. The molecule has 0 spiro atoms. The number of cyclic esters (lactones) is 2. The first kappa shape index (κ1) is 15.3. The van der Waals surface area contributed by atoms with E-state index in [2.05, 4.69) is 10.3 Å². The molecule has 0 saturated carbocycles. The van der Waals surface area contributed by atoms with Crippen LogP contribution in [-0.2, 0) is 19.1 Å². The van der Waals surface area contributed by atoms with E-state index >= 15 is 0 Å². The van der Waals surface area contributed by atoms with Crippen LogP contribution < -0.4 is 11.1 Å². The Balaban J connectivity index is 1.89. The minimum Gasteiger partial charge on any atom is -0.419 e. The summed E-state index contributed by atoms with van der Waals surface area (Å²) in [7, 11) is 0. The third-order valence-electron chi connectivity index (χ3n) is 3.24. The van der Waals surface area contributed by atoms with Crippen LogP contribution in [0.2, 0.25) is 0 Å². The van der Waals surface area contributed by atoms with E-state index in [4.69, 9.17) is 15.2 Å². The van der Waals surface area contributed by atoms with E-state index in [0.29, 0.717) is 10.8 Å². The molecular formula is C15H15N3O4S. The van der Waals surface area contributed by atoms with Crippen LogP contribution in [0.4, 0.5) is 10.8 Å². The summed E-state index contributed by atoms with van der Waals surface area (Å²) in [6.45, 7) is 4.90. The zero-order valence-electron chi connectivity index (χ0n) is 12.8. The summed E-state index contributed by atoms with van der Waals surface area (Å²) in [6.07, 6.45) is 1.28. The molecule has 120 valence electrons. The number of ether oxygens (including phenoxy) is 2. The smallest absolute Gasteiger partial charge is 0.350 e. The molecule has 1 aliphatic rings. The Morgan fingerprint density at radius 3 is 2.57 bits per heavy atom. The van der Waals surface area contributed by atoms with Crippen molar-refractivity contribution >= 4 is 44.3 Å². The highest BCUT2D eigenvalue weighted by molar-refractivity contribution is 7.22. The number of nitrogens with zero attached hydrogens (tertiary/aromatic N) is 1. The molecule has 1 fully saturated rings. The van der Waals surface area contributed by atoms with Crippen LogP contribution in [0.3, 0.4) is 0 Å². The normalized spacial score (nSPS) is 16.9. The molecule has 1 aliphatic heterocycles. The number of fused-ring (bicyclic) bond motifs is 1. The number of hydrogen-bond donors (Lipinski definition) is 2. The number of aryl methyl sites for hydroxylation is 1. The third kappa shape index (κ3) is 2.98. The largest absolute Gasteiger partial charge is 0.419 e. The van der Waals surface area contributed by atoms with E-state index in [1.807, 2.05) is 13.0 Å². The fourth-order valence-corrected chi connectivity index (χ4v) is 2.99. The van der Waals surface area contributed by atoms with Gasteiger partial charge in [0.2, 0.25) is 0 Å². The summed E-state index contributed by atoms with van der Waals surface area (Å²) in [5.41, 5.74) is 7.88. The van der Waals surface area contributed by atoms with Crippen molar-refractivity contribution in [2.75, 3.05) is 11.1 Å². The number of nitrogens with one attached hydrogen (secondary N) is 1. The van der Waals surface area contributed by atoms with Crippen molar-refractivity contribution in [1.82, 2.24) is 4.98 Å². The first-order valence-electron chi connectivity index (χ1n) is 6.85. The maximum Gasteiger partial charge on any atom is 0.350 e. The molecule has 3 rings (SSSR count). The van der Waals surface area contributed by atoms with Crippen molar-refractivity contribution in [1.29, 1.82) is 0 Å². The van der Waals surface area contributed by atoms with Gasteiger partial charge in [0.25, 0.3) is 5.79 Å². The Morgan fingerprint density at radius 2 is 1.91 bits per heavy atom. The standard InChI is InChI=1S/C15H15N3O4S/c1-7-4-11-10(18-14(16)23-11)5-9(7)17-6-8-12(19)21-15(2,3)22-13(8)20/h4-6,17H,1-3H3,(H2,16,18). The van der Waals surface area contributed by atoms with Gasteiger partial charge in [-0.1, -0.05) is 11.3 Å². The summed E-state index contributed by atoms with van der Waals surface area (Å²) in [6, 6.07) is 3.74. The fourth-order valence-electron chi connectivity index (χ4n) is 2.18. The number of anilines is 2.